The summed E-state index contributed by atoms with van der Waals surface area (Å²) in [7, 11) is 0. The predicted octanol–water partition coefficient (Wildman–Crippen LogP) is 4.44. The van der Waals surface area contributed by atoms with Crippen molar-refractivity contribution in [2.45, 2.75) is 37.5 Å². The summed E-state index contributed by atoms with van der Waals surface area (Å²) in [6.45, 7) is 1.50. The average molecular weight is 386 g/mol. The van der Waals surface area contributed by atoms with Crippen LogP contribution in [0, 0.1) is 0 Å². The molecule has 3 aromatic rings. The number of nitrogens with one attached hydrogen (secondary N) is 1. The Morgan fingerprint density at radius 2 is 1.77 bits per heavy atom. The number of rotatable bonds is 3. The van der Waals surface area contributed by atoms with E-state index in [0.717, 1.165) is 36.5 Å². The van der Waals surface area contributed by atoms with Gasteiger partial charge in [0.05, 0.1) is 15.2 Å². The Labute approximate surface area is 159 Å². The number of benzene rings is 1. The largest absolute Gasteiger partial charge is 0.324 e. The highest BCUT2D eigenvalue weighted by atomic mass is 32.1. The highest BCUT2D eigenvalue weighted by Gasteiger charge is 2.29. The molecule has 1 aliphatic heterocycles. The zero-order chi connectivity index (χ0) is 17.5. The highest BCUT2D eigenvalue weighted by molar-refractivity contribution is 7.18. The lowest BCUT2D eigenvalue weighted by Gasteiger charge is -2.30. The molecular weight excluding hydrogens is 366 g/mol. The van der Waals surface area contributed by atoms with Gasteiger partial charge in [-0.05, 0) is 37.8 Å². The minimum absolute atomic E-state index is 0.0637. The molecule has 8 heteroatoms. The monoisotopic (exact) mass is 385 g/mol. The molecule has 2 aliphatic rings. The topological polar surface area (TPSA) is 71.0 Å². The minimum Gasteiger partial charge on any atom is -0.324 e. The summed E-state index contributed by atoms with van der Waals surface area (Å²) in [4.78, 5) is 19.1. The number of carbonyl (C=O) groups excluding carboxylic acids is 1. The molecule has 1 aromatic carbocycles. The number of likely N-dealkylation sites (tertiary alicyclic amines) is 1. The second-order valence-corrected chi connectivity index (χ2v) is 9.00. The molecule has 0 unspecified atom stereocenters. The molecule has 0 bridgehead atoms. The number of piperidine rings is 1. The van der Waals surface area contributed by atoms with E-state index >= 15 is 0 Å². The van der Waals surface area contributed by atoms with E-state index in [1.165, 1.54) is 33.9 Å². The summed E-state index contributed by atoms with van der Waals surface area (Å²) in [6, 6.07) is 8.21. The van der Waals surface area contributed by atoms with E-state index in [1.807, 2.05) is 11.0 Å². The van der Waals surface area contributed by atoms with E-state index in [1.54, 1.807) is 11.3 Å². The van der Waals surface area contributed by atoms with E-state index in [4.69, 9.17) is 4.98 Å². The van der Waals surface area contributed by atoms with Crippen molar-refractivity contribution in [3.8, 4) is 0 Å². The summed E-state index contributed by atoms with van der Waals surface area (Å²) < 4.78 is 1.24. The Morgan fingerprint density at radius 1 is 1.00 bits per heavy atom. The van der Waals surface area contributed by atoms with Crippen LogP contribution in [0.5, 0.6) is 0 Å². The Kier molecular flexibility index (Phi) is 4.09. The van der Waals surface area contributed by atoms with Gasteiger partial charge in [-0.3, -0.25) is 5.32 Å². The van der Waals surface area contributed by atoms with Gasteiger partial charge in [-0.25, -0.2) is 9.78 Å². The number of thiazole rings is 1. The second-order valence-electron chi connectivity index (χ2n) is 6.93. The molecule has 6 nitrogen and oxygen atoms in total. The molecule has 2 amide bonds. The Hall–Kier alpha value is -2.06. The molecule has 26 heavy (non-hydrogen) atoms. The van der Waals surface area contributed by atoms with Gasteiger partial charge in [0.2, 0.25) is 5.13 Å². The van der Waals surface area contributed by atoms with Crippen LogP contribution in [0.1, 0.15) is 47.5 Å². The maximum Gasteiger partial charge on any atom is 0.323 e. The van der Waals surface area contributed by atoms with Gasteiger partial charge in [-0.15, -0.1) is 21.5 Å². The Bertz CT molecular complexity index is 907. The molecule has 0 spiro atoms. The number of nitrogens with zero attached hydrogens (tertiary/aromatic N) is 4. The van der Waals surface area contributed by atoms with Crippen LogP contribution >= 0.6 is 22.7 Å². The van der Waals surface area contributed by atoms with E-state index in [0.29, 0.717) is 17.0 Å². The summed E-state index contributed by atoms with van der Waals surface area (Å²) in [5.74, 6) is 1.02. The molecule has 1 aliphatic carbocycles. The quantitative estimate of drug-likeness (QED) is 0.724. The van der Waals surface area contributed by atoms with Gasteiger partial charge in [-0.1, -0.05) is 23.5 Å². The van der Waals surface area contributed by atoms with Crippen molar-refractivity contribution < 1.29 is 4.79 Å². The van der Waals surface area contributed by atoms with Gasteiger partial charge in [-0.2, -0.15) is 0 Å². The van der Waals surface area contributed by atoms with Crippen LogP contribution in [0.15, 0.2) is 24.3 Å². The first-order valence-electron chi connectivity index (χ1n) is 9.01. The first kappa shape index (κ1) is 16.1. The molecule has 1 N–H and O–H groups in total. The highest BCUT2D eigenvalue weighted by Crippen LogP contribution is 2.42. The van der Waals surface area contributed by atoms with Crippen LogP contribution in [-0.4, -0.2) is 39.2 Å². The Balaban J connectivity index is 1.19. The molecule has 134 valence electrons. The lowest BCUT2D eigenvalue weighted by atomic mass is 9.98. The maximum absolute atomic E-state index is 12.5. The maximum atomic E-state index is 12.5. The number of aromatic nitrogens is 3. The van der Waals surface area contributed by atoms with Gasteiger partial charge >= 0.3 is 6.03 Å². The third-order valence-electron chi connectivity index (χ3n) is 5.02. The van der Waals surface area contributed by atoms with Crippen molar-refractivity contribution >= 4 is 44.1 Å². The van der Waals surface area contributed by atoms with Crippen LogP contribution in [-0.2, 0) is 0 Å². The minimum atomic E-state index is -0.0637. The molecule has 2 fully saturated rings. The molecule has 0 atom stereocenters. The van der Waals surface area contributed by atoms with Crippen molar-refractivity contribution in [3.63, 3.8) is 0 Å². The first-order valence-corrected chi connectivity index (χ1v) is 10.6. The van der Waals surface area contributed by atoms with Crippen molar-refractivity contribution in [2.75, 3.05) is 18.4 Å². The van der Waals surface area contributed by atoms with Crippen molar-refractivity contribution in [1.29, 1.82) is 0 Å². The second kappa shape index (κ2) is 6.59. The van der Waals surface area contributed by atoms with E-state index in [2.05, 4.69) is 33.7 Å². The lowest BCUT2D eigenvalue weighted by Crippen LogP contribution is -2.40. The summed E-state index contributed by atoms with van der Waals surface area (Å²) in [5.41, 5.74) is 1.08. The van der Waals surface area contributed by atoms with Gasteiger partial charge in [0.1, 0.15) is 5.01 Å². The number of para-hydroxylation sites is 1. The molecular formula is C18H19N5OS2. The molecule has 0 radical (unpaired) electrons. The number of carbonyl (C=O) groups is 1. The van der Waals surface area contributed by atoms with Crippen LogP contribution in [0.4, 0.5) is 9.93 Å². The third-order valence-corrected chi connectivity index (χ3v) is 7.22. The Morgan fingerprint density at radius 3 is 2.54 bits per heavy atom. The fraction of sp³-hybridized carbons (Fsp3) is 0.444. The van der Waals surface area contributed by atoms with Crippen molar-refractivity contribution in [3.05, 3.63) is 34.3 Å². The normalized spacial score (nSPS) is 18.4. The summed E-state index contributed by atoms with van der Waals surface area (Å²) >= 11 is 3.29. The fourth-order valence-electron chi connectivity index (χ4n) is 3.35. The fourth-order valence-corrected chi connectivity index (χ4v) is 5.38. The van der Waals surface area contributed by atoms with Crippen molar-refractivity contribution in [2.24, 2.45) is 0 Å². The van der Waals surface area contributed by atoms with Crippen LogP contribution in [0.2, 0.25) is 0 Å². The van der Waals surface area contributed by atoms with E-state index in [-0.39, 0.29) is 6.03 Å². The smallest absolute Gasteiger partial charge is 0.323 e. The number of hydrogen-bond donors (Lipinski definition) is 1. The number of fused-ring (bicyclic) bond motifs is 1. The average Bonchev–Trinajstić information content (AvgIpc) is 3.26. The van der Waals surface area contributed by atoms with Crippen molar-refractivity contribution in [1.82, 2.24) is 20.1 Å². The molecule has 3 heterocycles. The predicted molar refractivity (Wildman–Crippen MR) is 104 cm³/mol. The lowest BCUT2D eigenvalue weighted by molar-refractivity contribution is 0.194. The first-order chi connectivity index (χ1) is 12.8. The standard InChI is InChI=1S/C18H19N5OS2/c24-18(20-17-22-21-16(26-17)11-5-6-11)23-9-7-12(8-10-23)15-19-13-3-1-2-4-14(13)25-15/h1-4,11-12H,5-10H2,(H,20,22,24). The number of urea groups is 1. The molecule has 5 rings (SSSR count). The van der Waals surface area contributed by atoms with E-state index in [9.17, 15) is 4.79 Å². The number of anilines is 1. The summed E-state index contributed by atoms with van der Waals surface area (Å²) in [5, 5.41) is 14.1. The third kappa shape index (κ3) is 3.19. The van der Waals surface area contributed by atoms with Gasteiger partial charge < -0.3 is 4.90 Å². The number of hydrogen-bond acceptors (Lipinski definition) is 6. The van der Waals surface area contributed by atoms with E-state index < -0.39 is 0 Å². The zero-order valence-electron chi connectivity index (χ0n) is 14.2. The number of amides is 2. The van der Waals surface area contributed by atoms with Crippen LogP contribution in [0.3, 0.4) is 0 Å². The van der Waals surface area contributed by atoms with Crippen LogP contribution < -0.4 is 5.32 Å². The summed E-state index contributed by atoms with van der Waals surface area (Å²) in [6.07, 6.45) is 4.30. The SMILES string of the molecule is O=C(Nc1nnc(C2CC2)s1)N1CCC(c2nc3ccccc3s2)CC1. The molecule has 1 saturated heterocycles. The van der Waals surface area contributed by atoms with Crippen LogP contribution in [0.25, 0.3) is 10.2 Å². The van der Waals surface area contributed by atoms with Gasteiger partial charge in [0.25, 0.3) is 0 Å². The van der Waals surface area contributed by atoms with Gasteiger partial charge in [0, 0.05) is 24.9 Å². The molecule has 2 aromatic heterocycles. The molecule has 1 saturated carbocycles. The van der Waals surface area contributed by atoms with Gasteiger partial charge in [0.15, 0.2) is 0 Å². The zero-order valence-corrected chi connectivity index (χ0v) is 15.9.